The predicted octanol–water partition coefficient (Wildman–Crippen LogP) is 3.72. The summed E-state index contributed by atoms with van der Waals surface area (Å²) in [5.74, 6) is -0.399. The molecular formula is C21H26N4O3. The Hall–Kier alpha value is -3.09. The van der Waals surface area contributed by atoms with Crippen LogP contribution in [0.4, 0.5) is 5.69 Å². The van der Waals surface area contributed by atoms with Crippen LogP contribution in [0.15, 0.2) is 42.9 Å². The number of hydrogen-bond donors (Lipinski definition) is 1. The van der Waals surface area contributed by atoms with Crippen molar-refractivity contribution in [2.75, 3.05) is 5.32 Å². The van der Waals surface area contributed by atoms with Crippen LogP contribution in [-0.2, 0) is 27.6 Å². The monoisotopic (exact) mass is 382 g/mol. The molecule has 2 aromatic heterocycles. The van der Waals surface area contributed by atoms with E-state index in [4.69, 9.17) is 4.74 Å². The zero-order valence-electron chi connectivity index (χ0n) is 16.7. The van der Waals surface area contributed by atoms with Crippen LogP contribution < -0.4 is 5.32 Å². The highest BCUT2D eigenvalue weighted by atomic mass is 16.5. The third kappa shape index (κ3) is 4.60. The van der Waals surface area contributed by atoms with E-state index < -0.39 is 5.41 Å². The first-order valence-corrected chi connectivity index (χ1v) is 9.28. The van der Waals surface area contributed by atoms with Gasteiger partial charge in [0.25, 0.3) is 0 Å². The molecule has 7 nitrogen and oxygen atoms in total. The number of para-hydroxylation sites is 1. The van der Waals surface area contributed by atoms with Gasteiger partial charge in [-0.2, -0.15) is 5.10 Å². The Labute approximate surface area is 164 Å². The molecule has 1 aromatic carbocycles. The summed E-state index contributed by atoms with van der Waals surface area (Å²) in [5, 5.41) is 8.14. The van der Waals surface area contributed by atoms with E-state index in [9.17, 15) is 9.59 Å². The molecule has 0 atom stereocenters. The quantitative estimate of drug-likeness (QED) is 0.659. The number of nitrogens with zero attached hydrogens (tertiary/aromatic N) is 3. The van der Waals surface area contributed by atoms with Crippen LogP contribution in [0.3, 0.4) is 0 Å². The Morgan fingerprint density at radius 2 is 1.93 bits per heavy atom. The number of amides is 1. The highest BCUT2D eigenvalue weighted by Gasteiger charge is 2.23. The standard InChI is InChI=1S/C21H26N4O3/c1-15-12-24(18-8-6-5-7-17(15)18)10-9-19(26)23-16-11-22-25(13-16)14-28-20(27)21(2,3)4/h5-8,11-13H,9-10,14H2,1-4H3,(H,23,26). The maximum atomic E-state index is 12.3. The van der Waals surface area contributed by atoms with Crippen molar-refractivity contribution in [1.29, 1.82) is 0 Å². The number of hydrogen-bond acceptors (Lipinski definition) is 4. The molecule has 0 spiro atoms. The number of fused-ring (bicyclic) bond motifs is 1. The lowest BCUT2D eigenvalue weighted by Crippen LogP contribution is -2.24. The molecule has 3 aromatic rings. The minimum absolute atomic E-state index is 0.0145. The normalized spacial score (nSPS) is 11.6. The van der Waals surface area contributed by atoms with Gasteiger partial charge in [0.05, 0.1) is 23.5 Å². The number of carbonyl (C=O) groups is 2. The topological polar surface area (TPSA) is 78.2 Å². The van der Waals surface area contributed by atoms with Gasteiger partial charge >= 0.3 is 5.97 Å². The summed E-state index contributed by atoms with van der Waals surface area (Å²) in [7, 11) is 0. The summed E-state index contributed by atoms with van der Waals surface area (Å²) in [6, 6.07) is 8.16. The molecule has 0 saturated carbocycles. The van der Waals surface area contributed by atoms with Crippen molar-refractivity contribution in [2.45, 2.75) is 47.4 Å². The Morgan fingerprint density at radius 3 is 2.68 bits per heavy atom. The molecule has 0 aliphatic carbocycles. The van der Waals surface area contributed by atoms with Crippen LogP contribution in [0.1, 0.15) is 32.8 Å². The minimum Gasteiger partial charge on any atom is -0.442 e. The SMILES string of the molecule is Cc1cn(CCC(=O)Nc2cnn(COC(=O)C(C)(C)C)c2)c2ccccc12. The smallest absolute Gasteiger partial charge is 0.313 e. The maximum Gasteiger partial charge on any atom is 0.313 e. The largest absolute Gasteiger partial charge is 0.442 e. The van der Waals surface area contributed by atoms with E-state index in [-0.39, 0.29) is 18.6 Å². The van der Waals surface area contributed by atoms with E-state index in [1.54, 1.807) is 27.0 Å². The lowest BCUT2D eigenvalue weighted by atomic mass is 9.98. The average molecular weight is 382 g/mol. The molecule has 2 heterocycles. The maximum absolute atomic E-state index is 12.3. The second-order valence-electron chi connectivity index (χ2n) is 7.90. The first kappa shape index (κ1) is 19.7. The number of rotatable bonds is 6. The van der Waals surface area contributed by atoms with Crippen molar-refractivity contribution in [3.05, 3.63) is 48.4 Å². The second kappa shape index (κ2) is 7.88. The molecule has 0 bridgehead atoms. The summed E-state index contributed by atoms with van der Waals surface area (Å²) < 4.78 is 8.78. The van der Waals surface area contributed by atoms with Crippen LogP contribution >= 0.6 is 0 Å². The number of anilines is 1. The van der Waals surface area contributed by atoms with Gasteiger partial charge in [-0.15, -0.1) is 0 Å². The molecule has 0 aliphatic heterocycles. The molecule has 0 unspecified atom stereocenters. The lowest BCUT2D eigenvalue weighted by molar-refractivity contribution is -0.157. The van der Waals surface area contributed by atoms with Crippen LogP contribution in [0.5, 0.6) is 0 Å². The van der Waals surface area contributed by atoms with Crippen molar-refractivity contribution in [2.24, 2.45) is 5.41 Å². The van der Waals surface area contributed by atoms with Gasteiger partial charge in [-0.25, -0.2) is 4.68 Å². The number of esters is 1. The third-order valence-corrected chi connectivity index (χ3v) is 4.42. The number of aromatic nitrogens is 3. The van der Waals surface area contributed by atoms with Gasteiger partial charge in [0.2, 0.25) is 5.91 Å². The van der Waals surface area contributed by atoms with Crippen molar-refractivity contribution in [3.8, 4) is 0 Å². The van der Waals surface area contributed by atoms with Crippen molar-refractivity contribution in [3.63, 3.8) is 0 Å². The summed E-state index contributed by atoms with van der Waals surface area (Å²) in [4.78, 5) is 24.1. The highest BCUT2D eigenvalue weighted by Crippen LogP contribution is 2.20. The number of carbonyl (C=O) groups excluding carboxylic acids is 2. The summed E-state index contributed by atoms with van der Waals surface area (Å²) in [6.45, 7) is 8.05. The molecule has 0 aliphatic rings. The van der Waals surface area contributed by atoms with Crippen LogP contribution in [0.25, 0.3) is 10.9 Å². The molecule has 7 heteroatoms. The summed E-state index contributed by atoms with van der Waals surface area (Å²) in [5.41, 5.74) is 2.33. The van der Waals surface area contributed by atoms with Crippen molar-refractivity contribution in [1.82, 2.24) is 14.3 Å². The van der Waals surface area contributed by atoms with Gasteiger partial charge in [-0.3, -0.25) is 9.59 Å². The first-order valence-electron chi connectivity index (χ1n) is 9.28. The van der Waals surface area contributed by atoms with Crippen LogP contribution in [0, 0.1) is 12.3 Å². The van der Waals surface area contributed by atoms with Gasteiger partial charge in [-0.05, 0) is 39.3 Å². The molecule has 3 rings (SSSR count). The van der Waals surface area contributed by atoms with Gasteiger partial charge in [0.15, 0.2) is 6.73 Å². The Bertz CT molecular complexity index is 995. The lowest BCUT2D eigenvalue weighted by Gasteiger charge is -2.16. The predicted molar refractivity (Wildman–Crippen MR) is 108 cm³/mol. The molecule has 1 amide bonds. The number of benzene rings is 1. The van der Waals surface area contributed by atoms with E-state index in [0.717, 1.165) is 5.52 Å². The molecule has 148 valence electrons. The van der Waals surface area contributed by atoms with E-state index in [1.807, 2.05) is 12.1 Å². The van der Waals surface area contributed by atoms with Crippen LogP contribution in [-0.4, -0.2) is 26.2 Å². The zero-order chi connectivity index (χ0) is 20.3. The fourth-order valence-corrected chi connectivity index (χ4v) is 2.90. The zero-order valence-corrected chi connectivity index (χ0v) is 16.7. The Kier molecular flexibility index (Phi) is 5.53. The molecular weight excluding hydrogens is 356 g/mol. The van der Waals surface area contributed by atoms with Crippen molar-refractivity contribution >= 4 is 28.5 Å². The number of nitrogens with one attached hydrogen (secondary N) is 1. The Morgan fingerprint density at radius 1 is 1.18 bits per heavy atom. The summed E-state index contributed by atoms with van der Waals surface area (Å²) in [6.07, 6.45) is 5.60. The molecule has 0 saturated heterocycles. The van der Waals surface area contributed by atoms with Crippen LogP contribution in [0.2, 0.25) is 0 Å². The van der Waals surface area contributed by atoms with Gasteiger partial charge in [0.1, 0.15) is 0 Å². The average Bonchev–Trinajstić information content (AvgIpc) is 3.22. The van der Waals surface area contributed by atoms with E-state index >= 15 is 0 Å². The number of ether oxygens (including phenoxy) is 1. The van der Waals surface area contributed by atoms with Gasteiger partial charge in [0, 0.05) is 30.1 Å². The summed E-state index contributed by atoms with van der Waals surface area (Å²) >= 11 is 0. The second-order valence-corrected chi connectivity index (χ2v) is 7.90. The van der Waals surface area contributed by atoms with Crippen molar-refractivity contribution < 1.29 is 14.3 Å². The fourth-order valence-electron chi connectivity index (χ4n) is 2.90. The van der Waals surface area contributed by atoms with E-state index in [2.05, 4.69) is 40.2 Å². The minimum atomic E-state index is -0.564. The third-order valence-electron chi connectivity index (χ3n) is 4.42. The molecule has 0 radical (unpaired) electrons. The highest BCUT2D eigenvalue weighted by molar-refractivity contribution is 5.90. The molecule has 0 fully saturated rings. The molecule has 1 N–H and O–H groups in total. The number of aryl methyl sites for hydroxylation is 2. The Balaban J connectivity index is 1.53. The van der Waals surface area contributed by atoms with Gasteiger partial charge in [-0.1, -0.05) is 18.2 Å². The molecule has 28 heavy (non-hydrogen) atoms. The van der Waals surface area contributed by atoms with Gasteiger partial charge < -0.3 is 14.6 Å². The van der Waals surface area contributed by atoms with E-state index in [1.165, 1.54) is 21.8 Å². The fraction of sp³-hybridized carbons (Fsp3) is 0.381. The first-order chi connectivity index (χ1) is 13.2. The van der Waals surface area contributed by atoms with E-state index in [0.29, 0.717) is 18.7 Å².